The Hall–Kier alpha value is -1.18. The van der Waals surface area contributed by atoms with Crippen molar-refractivity contribution in [3.8, 4) is 0 Å². The van der Waals surface area contributed by atoms with Crippen molar-refractivity contribution in [2.24, 2.45) is 5.92 Å². The van der Waals surface area contributed by atoms with E-state index in [2.05, 4.69) is 0 Å². The minimum absolute atomic E-state index is 0.357. The molecule has 13 heavy (non-hydrogen) atoms. The third-order valence-electron chi connectivity index (χ3n) is 2.79. The number of carbonyl (C=O) groups is 2. The number of carbonyl (C=O) groups excluding carboxylic acids is 2. The van der Waals surface area contributed by atoms with Gasteiger partial charge >= 0.3 is 0 Å². The molecule has 0 aromatic heterocycles. The molecule has 2 aliphatic rings. The summed E-state index contributed by atoms with van der Waals surface area (Å²) in [6.45, 7) is 0. The molecule has 2 heteroatoms. The predicted octanol–water partition coefficient (Wildman–Crippen LogP) is 1.81. The summed E-state index contributed by atoms with van der Waals surface area (Å²) in [4.78, 5) is 22.0. The van der Waals surface area contributed by atoms with E-state index in [1.807, 2.05) is 0 Å². The summed E-state index contributed by atoms with van der Waals surface area (Å²) in [5, 5.41) is 0. The molecule has 0 heterocycles. The van der Waals surface area contributed by atoms with Crippen molar-refractivity contribution in [2.75, 3.05) is 0 Å². The maximum absolute atomic E-state index is 11.1. The Balaban J connectivity index is 2.16. The van der Waals surface area contributed by atoms with Crippen LogP contribution in [0.1, 0.15) is 25.7 Å². The van der Waals surface area contributed by atoms with Gasteiger partial charge in [0.1, 0.15) is 0 Å². The predicted molar refractivity (Wildman–Crippen MR) is 49.2 cm³/mol. The fraction of sp³-hybridized carbons (Fsp3) is 0.455. The van der Waals surface area contributed by atoms with Crippen LogP contribution in [0, 0.1) is 5.92 Å². The number of hydrogen-bond donors (Lipinski definition) is 0. The van der Waals surface area contributed by atoms with Gasteiger partial charge in [-0.2, -0.15) is 0 Å². The minimum atomic E-state index is -0.387. The van der Waals surface area contributed by atoms with E-state index in [0.717, 1.165) is 18.4 Å². The van der Waals surface area contributed by atoms with E-state index in [9.17, 15) is 9.59 Å². The van der Waals surface area contributed by atoms with Gasteiger partial charge in [-0.3, -0.25) is 9.59 Å². The molecule has 0 amide bonds. The highest BCUT2D eigenvalue weighted by Gasteiger charge is 2.22. The summed E-state index contributed by atoms with van der Waals surface area (Å²) in [6.07, 6.45) is 9.54. The van der Waals surface area contributed by atoms with Crippen LogP contribution >= 0.6 is 0 Å². The first-order chi connectivity index (χ1) is 6.27. The molecule has 0 unspecified atom stereocenters. The molecule has 2 rings (SSSR count). The van der Waals surface area contributed by atoms with E-state index in [1.54, 1.807) is 6.08 Å². The molecule has 2 aliphatic carbocycles. The first-order valence-electron chi connectivity index (χ1n) is 4.75. The lowest BCUT2D eigenvalue weighted by Gasteiger charge is -2.12. The summed E-state index contributed by atoms with van der Waals surface area (Å²) >= 11 is 0. The first kappa shape index (κ1) is 8.42. The second-order valence-corrected chi connectivity index (χ2v) is 3.69. The molecular weight excluding hydrogens is 164 g/mol. The van der Waals surface area contributed by atoms with Crippen molar-refractivity contribution in [1.82, 2.24) is 0 Å². The molecule has 1 saturated carbocycles. The quantitative estimate of drug-likeness (QED) is 0.451. The molecule has 0 atom stereocenters. The highest BCUT2D eigenvalue weighted by Crippen LogP contribution is 2.32. The van der Waals surface area contributed by atoms with Crippen molar-refractivity contribution >= 4 is 11.6 Å². The Morgan fingerprint density at radius 2 is 1.69 bits per heavy atom. The van der Waals surface area contributed by atoms with Crippen LogP contribution in [0.4, 0.5) is 0 Å². The zero-order valence-corrected chi connectivity index (χ0v) is 7.45. The molecule has 1 fully saturated rings. The fourth-order valence-corrected chi connectivity index (χ4v) is 2.04. The normalized spacial score (nSPS) is 23.8. The molecular formula is C11H12O2. The van der Waals surface area contributed by atoms with Gasteiger partial charge in [0, 0.05) is 0 Å². The van der Waals surface area contributed by atoms with Gasteiger partial charge in [-0.1, -0.05) is 18.9 Å². The maximum atomic E-state index is 11.1. The first-order valence-corrected chi connectivity index (χ1v) is 4.75. The van der Waals surface area contributed by atoms with E-state index >= 15 is 0 Å². The average molecular weight is 176 g/mol. The molecule has 0 aromatic rings. The van der Waals surface area contributed by atoms with E-state index in [1.165, 1.54) is 25.0 Å². The molecule has 68 valence electrons. The molecule has 0 N–H and O–H groups in total. The third-order valence-corrected chi connectivity index (χ3v) is 2.79. The Morgan fingerprint density at radius 3 is 2.31 bits per heavy atom. The van der Waals surface area contributed by atoms with E-state index in [4.69, 9.17) is 0 Å². The van der Waals surface area contributed by atoms with Crippen molar-refractivity contribution in [2.45, 2.75) is 25.7 Å². The number of allylic oxidation sites excluding steroid dienone is 4. The smallest absolute Gasteiger partial charge is 0.225 e. The molecule has 0 saturated heterocycles. The lowest BCUT2D eigenvalue weighted by atomic mass is 9.92. The van der Waals surface area contributed by atoms with E-state index < -0.39 is 0 Å². The second kappa shape index (κ2) is 3.29. The Labute approximate surface area is 77.3 Å². The SMILES string of the molecule is O=C1C=CC(C2CCCC2)=CC1=O. The van der Waals surface area contributed by atoms with Gasteiger partial charge in [0.05, 0.1) is 0 Å². The Morgan fingerprint density at radius 1 is 1.00 bits per heavy atom. The molecule has 0 aromatic carbocycles. The lowest BCUT2D eigenvalue weighted by molar-refractivity contribution is -0.131. The topological polar surface area (TPSA) is 34.1 Å². The molecule has 0 bridgehead atoms. The van der Waals surface area contributed by atoms with Crippen LogP contribution in [0.15, 0.2) is 23.8 Å². The summed E-state index contributed by atoms with van der Waals surface area (Å²) in [5.41, 5.74) is 1.06. The largest absolute Gasteiger partial charge is 0.286 e. The zero-order valence-electron chi connectivity index (χ0n) is 7.45. The van der Waals surface area contributed by atoms with Crippen molar-refractivity contribution in [1.29, 1.82) is 0 Å². The molecule has 0 aliphatic heterocycles. The number of ketones is 2. The average Bonchev–Trinajstić information content (AvgIpc) is 2.62. The molecule has 0 spiro atoms. The van der Waals surface area contributed by atoms with Crippen LogP contribution in [0.5, 0.6) is 0 Å². The zero-order chi connectivity index (χ0) is 9.26. The van der Waals surface area contributed by atoms with Crippen molar-refractivity contribution < 1.29 is 9.59 Å². The van der Waals surface area contributed by atoms with Gasteiger partial charge < -0.3 is 0 Å². The Kier molecular flexibility index (Phi) is 2.13. The fourth-order valence-electron chi connectivity index (χ4n) is 2.04. The second-order valence-electron chi connectivity index (χ2n) is 3.69. The molecule has 0 radical (unpaired) electrons. The molecule has 2 nitrogen and oxygen atoms in total. The van der Waals surface area contributed by atoms with Crippen LogP contribution in [0.25, 0.3) is 0 Å². The maximum Gasteiger partial charge on any atom is 0.225 e. The number of rotatable bonds is 1. The van der Waals surface area contributed by atoms with Crippen LogP contribution in [-0.4, -0.2) is 11.6 Å². The van der Waals surface area contributed by atoms with Gasteiger partial charge in [-0.05, 0) is 36.5 Å². The van der Waals surface area contributed by atoms with Crippen molar-refractivity contribution in [3.05, 3.63) is 23.8 Å². The van der Waals surface area contributed by atoms with E-state index in [-0.39, 0.29) is 11.6 Å². The van der Waals surface area contributed by atoms with Crippen LogP contribution in [0.2, 0.25) is 0 Å². The van der Waals surface area contributed by atoms with Crippen LogP contribution in [-0.2, 0) is 9.59 Å². The Bertz CT molecular complexity index is 304. The van der Waals surface area contributed by atoms with Gasteiger partial charge in [0.15, 0.2) is 0 Å². The third kappa shape index (κ3) is 1.62. The summed E-state index contributed by atoms with van der Waals surface area (Å²) in [6, 6.07) is 0. The van der Waals surface area contributed by atoms with Gasteiger partial charge in [0.2, 0.25) is 11.6 Å². The number of hydrogen-bond acceptors (Lipinski definition) is 2. The highest BCUT2D eigenvalue weighted by atomic mass is 16.2. The van der Waals surface area contributed by atoms with Gasteiger partial charge in [0.25, 0.3) is 0 Å². The standard InChI is InChI=1S/C11H12O2/c12-10-6-5-9(7-11(10)13)8-3-1-2-4-8/h5-8H,1-4H2. The summed E-state index contributed by atoms with van der Waals surface area (Å²) in [5.74, 6) is -0.223. The highest BCUT2D eigenvalue weighted by molar-refractivity contribution is 6.46. The monoisotopic (exact) mass is 176 g/mol. The lowest BCUT2D eigenvalue weighted by Crippen LogP contribution is -2.14. The minimum Gasteiger partial charge on any atom is -0.286 e. The van der Waals surface area contributed by atoms with E-state index in [0.29, 0.717) is 5.92 Å². The summed E-state index contributed by atoms with van der Waals surface area (Å²) < 4.78 is 0. The van der Waals surface area contributed by atoms with Gasteiger partial charge in [-0.25, -0.2) is 0 Å². The van der Waals surface area contributed by atoms with Crippen LogP contribution < -0.4 is 0 Å². The van der Waals surface area contributed by atoms with Crippen LogP contribution in [0.3, 0.4) is 0 Å². The summed E-state index contributed by atoms with van der Waals surface area (Å²) in [7, 11) is 0. The van der Waals surface area contributed by atoms with Crippen molar-refractivity contribution in [3.63, 3.8) is 0 Å². The van der Waals surface area contributed by atoms with Gasteiger partial charge in [-0.15, -0.1) is 0 Å².